The zero-order chi connectivity index (χ0) is 39.5. The fourth-order valence-electron chi connectivity index (χ4n) is 9.17. The van der Waals surface area contributed by atoms with Gasteiger partial charge in [0, 0.05) is 22.1 Å². The molecule has 10 aromatic rings. The molecule has 0 amide bonds. The monoisotopic (exact) mass is 753 g/mol. The Kier molecular flexibility index (Phi) is 8.16. The zero-order valence-electron chi connectivity index (χ0n) is 32.9. The first kappa shape index (κ1) is 34.7. The summed E-state index contributed by atoms with van der Waals surface area (Å²) < 4.78 is 0. The Balaban J connectivity index is 1.09. The van der Waals surface area contributed by atoms with Crippen LogP contribution in [0.15, 0.2) is 200 Å². The van der Waals surface area contributed by atoms with E-state index in [1.807, 2.05) is 6.07 Å². The number of nitrogens with zero attached hydrogens (tertiary/aromatic N) is 3. The number of aromatic nitrogens is 3. The third-order valence-electron chi connectivity index (χ3n) is 12.2. The molecular formula is C56H39N3. The minimum absolute atomic E-state index is 0.0852. The second-order valence-corrected chi connectivity index (χ2v) is 16.0. The van der Waals surface area contributed by atoms with Crippen molar-refractivity contribution in [2.24, 2.45) is 0 Å². The topological polar surface area (TPSA) is 38.7 Å². The molecule has 0 fully saturated rings. The predicted octanol–water partition coefficient (Wildman–Crippen LogP) is 14.5. The van der Waals surface area contributed by atoms with Gasteiger partial charge in [0.2, 0.25) is 0 Å². The van der Waals surface area contributed by atoms with Gasteiger partial charge in [-0.05, 0) is 95.4 Å². The summed E-state index contributed by atoms with van der Waals surface area (Å²) in [7, 11) is 0. The predicted molar refractivity (Wildman–Crippen MR) is 245 cm³/mol. The van der Waals surface area contributed by atoms with E-state index in [2.05, 4.69) is 208 Å². The van der Waals surface area contributed by atoms with Gasteiger partial charge in [-0.25, -0.2) is 15.0 Å². The van der Waals surface area contributed by atoms with E-state index in [-0.39, 0.29) is 5.41 Å². The highest BCUT2D eigenvalue weighted by molar-refractivity contribution is 6.06. The summed E-state index contributed by atoms with van der Waals surface area (Å²) in [4.78, 5) is 15.8. The van der Waals surface area contributed by atoms with Gasteiger partial charge in [0.05, 0.1) is 0 Å². The molecule has 0 radical (unpaired) electrons. The van der Waals surface area contributed by atoms with Crippen LogP contribution >= 0.6 is 0 Å². The van der Waals surface area contributed by atoms with Crippen LogP contribution in [0.5, 0.6) is 0 Å². The Hall–Kier alpha value is -7.49. The SMILES string of the molecule is CC1(C)c2ccccc2-c2ccc(-c3ccc(-c4nc(-c5ccc(-c6ccccc6)cc5)nc(-c5ccc(-c6ccccc6)c6ccccc56)n4)c4ccccc34)cc21. The first-order chi connectivity index (χ1) is 29.0. The van der Waals surface area contributed by atoms with Crippen molar-refractivity contribution in [2.45, 2.75) is 19.3 Å². The maximum Gasteiger partial charge on any atom is 0.164 e. The Morgan fingerprint density at radius 3 is 1.27 bits per heavy atom. The second-order valence-electron chi connectivity index (χ2n) is 16.0. The highest BCUT2D eigenvalue weighted by atomic mass is 15.0. The van der Waals surface area contributed by atoms with Gasteiger partial charge < -0.3 is 0 Å². The van der Waals surface area contributed by atoms with Crippen LogP contribution in [0.3, 0.4) is 0 Å². The summed E-state index contributed by atoms with van der Waals surface area (Å²) in [6.45, 7) is 4.68. The molecule has 59 heavy (non-hydrogen) atoms. The molecule has 1 aliphatic carbocycles. The molecule has 11 rings (SSSR count). The molecule has 1 heterocycles. The summed E-state index contributed by atoms with van der Waals surface area (Å²) in [5.74, 6) is 1.91. The Morgan fingerprint density at radius 2 is 0.661 bits per heavy atom. The third-order valence-corrected chi connectivity index (χ3v) is 12.2. The van der Waals surface area contributed by atoms with Crippen LogP contribution in [-0.4, -0.2) is 15.0 Å². The fraction of sp³-hybridized carbons (Fsp3) is 0.0536. The van der Waals surface area contributed by atoms with Crippen molar-refractivity contribution >= 4 is 21.5 Å². The number of benzene rings is 9. The van der Waals surface area contributed by atoms with E-state index in [0.717, 1.165) is 43.8 Å². The zero-order valence-corrected chi connectivity index (χ0v) is 32.9. The van der Waals surface area contributed by atoms with E-state index in [9.17, 15) is 0 Å². The molecule has 0 saturated heterocycles. The normalized spacial score (nSPS) is 12.7. The molecule has 1 aliphatic rings. The summed E-state index contributed by atoms with van der Waals surface area (Å²) in [6.07, 6.45) is 0. The molecule has 0 spiro atoms. The molecule has 0 N–H and O–H groups in total. The number of hydrogen-bond acceptors (Lipinski definition) is 3. The van der Waals surface area contributed by atoms with Gasteiger partial charge in [0.25, 0.3) is 0 Å². The lowest BCUT2D eigenvalue weighted by Gasteiger charge is -2.22. The minimum Gasteiger partial charge on any atom is -0.208 e. The van der Waals surface area contributed by atoms with Gasteiger partial charge in [0.15, 0.2) is 17.5 Å². The van der Waals surface area contributed by atoms with Crippen molar-refractivity contribution in [1.82, 2.24) is 15.0 Å². The molecule has 3 heteroatoms. The third kappa shape index (κ3) is 5.85. The lowest BCUT2D eigenvalue weighted by atomic mass is 9.81. The van der Waals surface area contributed by atoms with Crippen LogP contribution in [0, 0.1) is 0 Å². The van der Waals surface area contributed by atoms with Crippen LogP contribution in [0.25, 0.3) is 100 Å². The van der Waals surface area contributed by atoms with Crippen molar-refractivity contribution in [3.8, 4) is 78.7 Å². The molecule has 3 nitrogen and oxygen atoms in total. The van der Waals surface area contributed by atoms with E-state index in [1.54, 1.807) is 0 Å². The second kappa shape index (κ2) is 13.9. The molecule has 278 valence electrons. The average molecular weight is 754 g/mol. The average Bonchev–Trinajstić information content (AvgIpc) is 3.53. The Labute approximate surface area is 344 Å². The molecule has 0 unspecified atom stereocenters. The quantitative estimate of drug-likeness (QED) is 0.170. The maximum absolute atomic E-state index is 5.34. The number of fused-ring (bicyclic) bond motifs is 5. The molecule has 0 bridgehead atoms. The van der Waals surface area contributed by atoms with Crippen LogP contribution in [0.4, 0.5) is 0 Å². The summed E-state index contributed by atoms with van der Waals surface area (Å²) in [5, 5.41) is 4.51. The first-order valence-corrected chi connectivity index (χ1v) is 20.3. The van der Waals surface area contributed by atoms with Gasteiger partial charge in [-0.3, -0.25) is 0 Å². The standard InChI is InChI=1S/C56H39N3/c1-56(2)51-24-14-13-23-47(51)48-30-29-40(35-52(48)56)42-32-34-50(46-22-12-10-20-44(42)46)55-58-53(39-27-25-37(26-28-39)36-15-5-3-6-16-36)57-54(59-55)49-33-31-41(38-17-7-4-8-18-38)43-19-9-11-21-45(43)49/h3-35H,1-2H3. The molecule has 0 saturated carbocycles. The highest BCUT2D eigenvalue weighted by Crippen LogP contribution is 2.50. The van der Waals surface area contributed by atoms with Gasteiger partial charge in [-0.2, -0.15) is 0 Å². The van der Waals surface area contributed by atoms with E-state index in [0.29, 0.717) is 17.5 Å². The molecule has 9 aromatic carbocycles. The number of rotatable bonds is 6. The largest absolute Gasteiger partial charge is 0.208 e. The summed E-state index contributed by atoms with van der Waals surface area (Å²) in [5.41, 5.74) is 15.2. The van der Waals surface area contributed by atoms with Gasteiger partial charge >= 0.3 is 0 Å². The lowest BCUT2D eigenvalue weighted by molar-refractivity contribution is 0.660. The molecule has 1 aromatic heterocycles. The van der Waals surface area contributed by atoms with E-state index in [1.165, 1.54) is 50.1 Å². The first-order valence-electron chi connectivity index (χ1n) is 20.3. The smallest absolute Gasteiger partial charge is 0.164 e. The fourth-order valence-corrected chi connectivity index (χ4v) is 9.17. The summed E-state index contributed by atoms with van der Waals surface area (Å²) >= 11 is 0. The van der Waals surface area contributed by atoms with Gasteiger partial charge in [0.1, 0.15) is 0 Å². The van der Waals surface area contributed by atoms with E-state index < -0.39 is 0 Å². The van der Waals surface area contributed by atoms with Crippen LogP contribution in [0.1, 0.15) is 25.0 Å². The van der Waals surface area contributed by atoms with E-state index in [4.69, 9.17) is 15.0 Å². The van der Waals surface area contributed by atoms with Crippen LogP contribution < -0.4 is 0 Å². The minimum atomic E-state index is -0.0852. The van der Waals surface area contributed by atoms with Crippen molar-refractivity contribution in [2.75, 3.05) is 0 Å². The van der Waals surface area contributed by atoms with Crippen LogP contribution in [-0.2, 0) is 5.41 Å². The van der Waals surface area contributed by atoms with Gasteiger partial charge in [-0.15, -0.1) is 0 Å². The number of hydrogen-bond donors (Lipinski definition) is 0. The highest BCUT2D eigenvalue weighted by Gasteiger charge is 2.35. The van der Waals surface area contributed by atoms with Crippen molar-refractivity contribution in [3.63, 3.8) is 0 Å². The molecule has 0 aliphatic heterocycles. The maximum atomic E-state index is 5.34. The van der Waals surface area contributed by atoms with Crippen molar-refractivity contribution in [1.29, 1.82) is 0 Å². The lowest BCUT2D eigenvalue weighted by Crippen LogP contribution is -2.14. The Morgan fingerprint density at radius 1 is 0.271 bits per heavy atom. The van der Waals surface area contributed by atoms with Gasteiger partial charge in [-0.1, -0.05) is 196 Å². The van der Waals surface area contributed by atoms with Crippen LogP contribution in [0.2, 0.25) is 0 Å². The molecule has 0 atom stereocenters. The molecular weight excluding hydrogens is 715 g/mol. The summed E-state index contributed by atoms with van der Waals surface area (Å²) in [6, 6.07) is 71.4. The Bertz CT molecular complexity index is 3220. The van der Waals surface area contributed by atoms with Crippen molar-refractivity contribution < 1.29 is 0 Å². The van der Waals surface area contributed by atoms with E-state index >= 15 is 0 Å². The van der Waals surface area contributed by atoms with Crippen molar-refractivity contribution in [3.05, 3.63) is 211 Å².